The molecule has 4 rings (SSSR count). The number of rotatable bonds is 7. The van der Waals surface area contributed by atoms with Gasteiger partial charge in [0.15, 0.2) is 11.5 Å². The normalized spacial score (nSPS) is 17.9. The van der Waals surface area contributed by atoms with Crippen LogP contribution in [0.15, 0.2) is 54.6 Å². The highest BCUT2D eigenvalue weighted by molar-refractivity contribution is 5.81. The zero-order chi connectivity index (χ0) is 20.8. The van der Waals surface area contributed by atoms with E-state index in [1.54, 1.807) is 0 Å². The summed E-state index contributed by atoms with van der Waals surface area (Å²) in [5.41, 5.74) is 2.23. The van der Waals surface area contributed by atoms with Gasteiger partial charge < -0.3 is 14.8 Å². The first kappa shape index (κ1) is 20.4. The second-order valence-corrected chi connectivity index (χ2v) is 7.73. The molecule has 2 aromatic rings. The third-order valence-corrected chi connectivity index (χ3v) is 5.71. The molecule has 2 aliphatic heterocycles. The van der Waals surface area contributed by atoms with Gasteiger partial charge in [0.2, 0.25) is 12.7 Å². The third kappa shape index (κ3) is 5.20. The Morgan fingerprint density at radius 1 is 1.07 bits per heavy atom. The summed E-state index contributed by atoms with van der Waals surface area (Å²) in [6.45, 7) is 7.42. The molecule has 0 aromatic heterocycles. The Hall–Kier alpha value is -2.83. The van der Waals surface area contributed by atoms with Crippen LogP contribution in [-0.4, -0.2) is 61.3 Å². The van der Waals surface area contributed by atoms with Gasteiger partial charge in [-0.2, -0.15) is 0 Å². The van der Waals surface area contributed by atoms with Gasteiger partial charge in [-0.3, -0.25) is 14.6 Å². The molecule has 1 fully saturated rings. The van der Waals surface area contributed by atoms with Crippen molar-refractivity contribution >= 4 is 12.0 Å². The lowest BCUT2D eigenvalue weighted by Gasteiger charge is -2.37. The van der Waals surface area contributed by atoms with E-state index in [1.807, 2.05) is 31.2 Å². The Morgan fingerprint density at radius 2 is 1.83 bits per heavy atom. The van der Waals surface area contributed by atoms with E-state index >= 15 is 0 Å². The van der Waals surface area contributed by atoms with Crippen molar-refractivity contribution in [3.05, 3.63) is 65.7 Å². The molecule has 0 bridgehead atoms. The summed E-state index contributed by atoms with van der Waals surface area (Å²) < 4.78 is 10.7. The number of nitrogens with one attached hydrogen (secondary N) is 1. The molecule has 2 heterocycles. The molecule has 0 aliphatic carbocycles. The Balaban J connectivity index is 1.19. The van der Waals surface area contributed by atoms with Crippen LogP contribution in [-0.2, 0) is 11.3 Å². The maximum absolute atomic E-state index is 12.6. The number of ether oxygens (including phenoxy) is 2. The number of carbonyl (C=O) groups excluding carboxylic acids is 1. The summed E-state index contributed by atoms with van der Waals surface area (Å²) in [6.07, 6.45) is 4.38. The molecule has 1 atom stereocenters. The number of piperazine rings is 1. The van der Waals surface area contributed by atoms with E-state index in [0.717, 1.165) is 49.8 Å². The Morgan fingerprint density at radius 3 is 2.63 bits per heavy atom. The van der Waals surface area contributed by atoms with Crippen molar-refractivity contribution in [1.29, 1.82) is 0 Å². The zero-order valence-corrected chi connectivity index (χ0v) is 17.4. The van der Waals surface area contributed by atoms with E-state index in [2.05, 4.69) is 51.5 Å². The molecule has 0 spiro atoms. The van der Waals surface area contributed by atoms with Crippen LogP contribution in [0.1, 0.15) is 18.1 Å². The highest BCUT2D eigenvalue weighted by Crippen LogP contribution is 2.32. The molecule has 2 aromatic carbocycles. The molecule has 1 amide bonds. The summed E-state index contributed by atoms with van der Waals surface area (Å²) in [5.74, 6) is 1.56. The van der Waals surface area contributed by atoms with E-state index in [1.165, 1.54) is 5.56 Å². The van der Waals surface area contributed by atoms with Crippen LogP contribution in [0.4, 0.5) is 0 Å². The lowest BCUT2D eigenvalue weighted by Crippen LogP contribution is -2.53. The molecule has 6 heteroatoms. The molecular formula is C24H29N3O3. The monoisotopic (exact) mass is 407 g/mol. The second-order valence-electron chi connectivity index (χ2n) is 7.73. The van der Waals surface area contributed by atoms with Crippen LogP contribution in [0.25, 0.3) is 6.08 Å². The standard InChI is InChI=1S/C24H29N3O3/c1-19(24(28)25-17-21-9-10-22-23(16-21)30-18-29-22)27-14-12-26(13-15-27)11-5-8-20-6-3-2-4-7-20/h2-10,16,19H,11-15,17-18H2,1H3,(H,25,28)/b8-5+/t19-/m1/s1. The lowest BCUT2D eigenvalue weighted by atomic mass is 10.1. The number of hydrogen-bond donors (Lipinski definition) is 1. The molecule has 30 heavy (non-hydrogen) atoms. The average Bonchev–Trinajstić information content (AvgIpc) is 3.26. The minimum absolute atomic E-state index is 0.0603. The molecule has 1 N–H and O–H groups in total. The summed E-state index contributed by atoms with van der Waals surface area (Å²) >= 11 is 0. The van der Waals surface area contributed by atoms with Gasteiger partial charge in [0.25, 0.3) is 0 Å². The molecule has 0 unspecified atom stereocenters. The van der Waals surface area contributed by atoms with Crippen LogP contribution in [0.5, 0.6) is 11.5 Å². The van der Waals surface area contributed by atoms with Gasteiger partial charge in [0.05, 0.1) is 6.04 Å². The predicted molar refractivity (Wildman–Crippen MR) is 117 cm³/mol. The SMILES string of the molecule is C[C@H](C(=O)NCc1ccc2c(c1)OCO2)N1CCN(C/C=C/c2ccccc2)CC1. The van der Waals surface area contributed by atoms with Crippen molar-refractivity contribution in [2.45, 2.75) is 19.5 Å². The minimum Gasteiger partial charge on any atom is -0.454 e. The van der Waals surface area contributed by atoms with Crippen molar-refractivity contribution in [1.82, 2.24) is 15.1 Å². The van der Waals surface area contributed by atoms with E-state index < -0.39 is 0 Å². The number of amides is 1. The second kappa shape index (κ2) is 9.78. The Bertz CT molecular complexity index is 877. The van der Waals surface area contributed by atoms with E-state index in [4.69, 9.17) is 9.47 Å². The Kier molecular flexibility index (Phi) is 6.67. The summed E-state index contributed by atoms with van der Waals surface area (Å²) in [4.78, 5) is 17.3. The number of fused-ring (bicyclic) bond motifs is 1. The van der Waals surface area contributed by atoms with Crippen molar-refractivity contribution in [3.63, 3.8) is 0 Å². The first-order chi connectivity index (χ1) is 14.7. The van der Waals surface area contributed by atoms with E-state index in [9.17, 15) is 4.79 Å². The minimum atomic E-state index is -0.138. The topological polar surface area (TPSA) is 54.0 Å². The molecular weight excluding hydrogens is 378 g/mol. The fourth-order valence-corrected chi connectivity index (χ4v) is 3.79. The first-order valence-electron chi connectivity index (χ1n) is 10.5. The van der Waals surface area contributed by atoms with Gasteiger partial charge in [-0.1, -0.05) is 48.6 Å². The van der Waals surface area contributed by atoms with Gasteiger partial charge >= 0.3 is 0 Å². The van der Waals surface area contributed by atoms with Crippen LogP contribution in [0.2, 0.25) is 0 Å². The van der Waals surface area contributed by atoms with Gasteiger partial charge in [-0.15, -0.1) is 0 Å². The van der Waals surface area contributed by atoms with Crippen LogP contribution in [0.3, 0.4) is 0 Å². The molecule has 2 aliphatic rings. The highest BCUT2D eigenvalue weighted by atomic mass is 16.7. The van der Waals surface area contributed by atoms with Crippen LogP contribution < -0.4 is 14.8 Å². The molecule has 1 saturated heterocycles. The van der Waals surface area contributed by atoms with Gasteiger partial charge in [0, 0.05) is 39.3 Å². The summed E-state index contributed by atoms with van der Waals surface area (Å²) in [7, 11) is 0. The van der Waals surface area contributed by atoms with Gasteiger partial charge in [0.1, 0.15) is 0 Å². The maximum atomic E-state index is 12.6. The number of nitrogens with zero attached hydrogens (tertiary/aromatic N) is 2. The average molecular weight is 408 g/mol. The van der Waals surface area contributed by atoms with Crippen molar-refractivity contribution < 1.29 is 14.3 Å². The smallest absolute Gasteiger partial charge is 0.237 e. The van der Waals surface area contributed by atoms with Crippen LogP contribution >= 0.6 is 0 Å². The Labute approximate surface area is 178 Å². The van der Waals surface area contributed by atoms with Gasteiger partial charge in [-0.05, 0) is 30.2 Å². The summed E-state index contributed by atoms with van der Waals surface area (Å²) in [6, 6.07) is 16.0. The highest BCUT2D eigenvalue weighted by Gasteiger charge is 2.25. The first-order valence-corrected chi connectivity index (χ1v) is 10.5. The van der Waals surface area contributed by atoms with Crippen LogP contribution in [0, 0.1) is 0 Å². The van der Waals surface area contributed by atoms with Crippen molar-refractivity contribution in [2.75, 3.05) is 39.5 Å². The molecule has 0 saturated carbocycles. The molecule has 6 nitrogen and oxygen atoms in total. The number of carbonyl (C=O) groups is 1. The summed E-state index contributed by atoms with van der Waals surface area (Å²) in [5, 5.41) is 3.05. The predicted octanol–water partition coefficient (Wildman–Crippen LogP) is 2.75. The maximum Gasteiger partial charge on any atom is 0.237 e. The largest absolute Gasteiger partial charge is 0.454 e. The number of benzene rings is 2. The van der Waals surface area contributed by atoms with Gasteiger partial charge in [-0.25, -0.2) is 0 Å². The quantitative estimate of drug-likeness (QED) is 0.765. The lowest BCUT2D eigenvalue weighted by molar-refractivity contribution is -0.126. The fraction of sp³-hybridized carbons (Fsp3) is 0.375. The van der Waals surface area contributed by atoms with E-state index in [-0.39, 0.29) is 18.7 Å². The zero-order valence-electron chi connectivity index (χ0n) is 17.4. The van der Waals surface area contributed by atoms with E-state index in [0.29, 0.717) is 6.54 Å². The fourth-order valence-electron chi connectivity index (χ4n) is 3.79. The number of hydrogen-bond acceptors (Lipinski definition) is 5. The molecule has 158 valence electrons. The van der Waals surface area contributed by atoms with Crippen molar-refractivity contribution in [3.8, 4) is 11.5 Å². The molecule has 0 radical (unpaired) electrons. The third-order valence-electron chi connectivity index (χ3n) is 5.71. The van der Waals surface area contributed by atoms with Crippen molar-refractivity contribution in [2.24, 2.45) is 0 Å².